The quantitative estimate of drug-likeness (QED) is 0.396. The Morgan fingerprint density at radius 2 is 1.68 bits per heavy atom. The number of carbonyl (C=O) groups excluding carboxylic acids is 1. The minimum absolute atomic E-state index is 0.0478. The molecule has 1 unspecified atom stereocenters. The molecular formula is C30H28FNO5. The molecule has 1 amide bonds. The van der Waals surface area contributed by atoms with E-state index in [1.807, 2.05) is 30.3 Å². The SMILES string of the molecule is O=C(c1ccc(Oc2ccccc2F)cc1)N(CC(O)Cc1ccccc1)C[C@]1(C(=O)O)C=CC=CC1. The van der Waals surface area contributed by atoms with Gasteiger partial charge in [-0.25, -0.2) is 4.39 Å². The molecule has 3 aromatic carbocycles. The number of nitrogens with zero attached hydrogens (tertiary/aromatic N) is 1. The third-order valence-corrected chi connectivity index (χ3v) is 6.24. The van der Waals surface area contributed by atoms with Gasteiger partial charge in [0, 0.05) is 25.1 Å². The fraction of sp³-hybridized carbons (Fsp3) is 0.200. The third-order valence-electron chi connectivity index (χ3n) is 6.24. The summed E-state index contributed by atoms with van der Waals surface area (Å²) in [4.78, 5) is 27.2. The highest BCUT2D eigenvalue weighted by Gasteiger charge is 2.39. The first-order valence-electron chi connectivity index (χ1n) is 12.0. The second-order valence-corrected chi connectivity index (χ2v) is 9.04. The number of amides is 1. The Labute approximate surface area is 214 Å². The molecule has 0 aromatic heterocycles. The molecule has 3 aromatic rings. The summed E-state index contributed by atoms with van der Waals surface area (Å²) in [7, 11) is 0. The molecule has 0 radical (unpaired) electrons. The lowest BCUT2D eigenvalue weighted by atomic mass is 9.81. The normalized spacial score (nSPS) is 17.2. The van der Waals surface area contributed by atoms with Crippen LogP contribution in [0.25, 0.3) is 0 Å². The van der Waals surface area contributed by atoms with E-state index < -0.39 is 29.2 Å². The predicted octanol–water partition coefficient (Wildman–Crippen LogP) is 5.25. The van der Waals surface area contributed by atoms with Gasteiger partial charge in [0.2, 0.25) is 0 Å². The molecule has 37 heavy (non-hydrogen) atoms. The Kier molecular flexibility index (Phi) is 8.15. The molecule has 6 nitrogen and oxygen atoms in total. The number of benzene rings is 3. The van der Waals surface area contributed by atoms with Gasteiger partial charge in [0.25, 0.3) is 5.91 Å². The fourth-order valence-electron chi connectivity index (χ4n) is 4.28. The number of rotatable bonds is 10. The number of carbonyl (C=O) groups is 2. The standard InChI is InChI=1S/C30H28FNO5/c31-26-11-5-6-12-27(26)37-25-15-13-23(14-16-25)28(34)32(20-24(33)19-22-9-3-1-4-10-22)21-30(29(35)36)17-7-2-8-18-30/h1-17,24,33H,18-21H2,(H,35,36)/t24?,30-/m0/s1. The van der Waals surface area contributed by atoms with E-state index in [0.717, 1.165) is 5.56 Å². The van der Waals surface area contributed by atoms with Crippen molar-refractivity contribution in [2.45, 2.75) is 18.9 Å². The number of allylic oxidation sites excluding steroid dienone is 3. The summed E-state index contributed by atoms with van der Waals surface area (Å²) >= 11 is 0. The number of carboxylic acids is 1. The van der Waals surface area contributed by atoms with Crippen LogP contribution >= 0.6 is 0 Å². The zero-order chi connectivity index (χ0) is 26.3. The van der Waals surface area contributed by atoms with Crippen LogP contribution < -0.4 is 4.74 Å². The predicted molar refractivity (Wildman–Crippen MR) is 138 cm³/mol. The smallest absolute Gasteiger partial charge is 0.315 e. The van der Waals surface area contributed by atoms with Gasteiger partial charge in [-0.3, -0.25) is 9.59 Å². The van der Waals surface area contributed by atoms with Crippen LogP contribution in [0.4, 0.5) is 4.39 Å². The molecule has 0 saturated heterocycles. The zero-order valence-electron chi connectivity index (χ0n) is 20.2. The number of para-hydroxylation sites is 1. The number of hydrogen-bond donors (Lipinski definition) is 2. The maximum absolute atomic E-state index is 13.9. The first-order chi connectivity index (χ1) is 17.9. The van der Waals surface area contributed by atoms with Gasteiger partial charge < -0.3 is 19.8 Å². The Hall–Kier alpha value is -4.23. The van der Waals surface area contributed by atoms with Crippen molar-refractivity contribution in [3.63, 3.8) is 0 Å². The number of aliphatic hydroxyl groups is 1. The van der Waals surface area contributed by atoms with Gasteiger partial charge in [-0.15, -0.1) is 0 Å². The van der Waals surface area contributed by atoms with Crippen molar-refractivity contribution in [2.75, 3.05) is 13.1 Å². The van der Waals surface area contributed by atoms with E-state index in [9.17, 15) is 24.2 Å². The summed E-state index contributed by atoms with van der Waals surface area (Å²) < 4.78 is 19.5. The van der Waals surface area contributed by atoms with Crippen LogP contribution in [0.1, 0.15) is 22.3 Å². The van der Waals surface area contributed by atoms with Crippen LogP contribution in [0.2, 0.25) is 0 Å². The molecule has 7 heteroatoms. The molecule has 0 spiro atoms. The summed E-state index contributed by atoms with van der Waals surface area (Å²) in [5.74, 6) is -1.56. The van der Waals surface area contributed by atoms with Gasteiger partial charge in [0.1, 0.15) is 11.2 Å². The van der Waals surface area contributed by atoms with Crippen LogP contribution in [0.15, 0.2) is 103 Å². The van der Waals surface area contributed by atoms with Crippen LogP contribution in [0.3, 0.4) is 0 Å². The van der Waals surface area contributed by atoms with Gasteiger partial charge in [0.05, 0.1) is 6.10 Å². The molecule has 190 valence electrons. The average Bonchev–Trinajstić information content (AvgIpc) is 2.91. The van der Waals surface area contributed by atoms with Crippen molar-refractivity contribution in [3.8, 4) is 11.5 Å². The highest BCUT2D eigenvalue weighted by molar-refractivity contribution is 5.95. The molecule has 2 N–H and O–H groups in total. The van der Waals surface area contributed by atoms with E-state index in [2.05, 4.69) is 0 Å². The van der Waals surface area contributed by atoms with Gasteiger partial charge in [-0.1, -0.05) is 66.8 Å². The van der Waals surface area contributed by atoms with E-state index in [0.29, 0.717) is 17.7 Å². The van der Waals surface area contributed by atoms with Gasteiger partial charge >= 0.3 is 5.97 Å². The van der Waals surface area contributed by atoms with Gasteiger partial charge in [-0.05, 0) is 48.4 Å². The number of hydrogen-bond acceptors (Lipinski definition) is 4. The number of halogens is 1. The van der Waals surface area contributed by atoms with Crippen LogP contribution in [0, 0.1) is 11.2 Å². The Morgan fingerprint density at radius 1 is 0.973 bits per heavy atom. The Morgan fingerprint density at radius 3 is 2.32 bits per heavy atom. The topological polar surface area (TPSA) is 87.1 Å². The zero-order valence-corrected chi connectivity index (χ0v) is 20.2. The molecule has 1 aliphatic carbocycles. The van der Waals surface area contributed by atoms with Crippen molar-refractivity contribution in [1.29, 1.82) is 0 Å². The molecule has 0 bridgehead atoms. The van der Waals surface area contributed by atoms with Crippen LogP contribution in [0.5, 0.6) is 11.5 Å². The second kappa shape index (κ2) is 11.7. The summed E-state index contributed by atoms with van der Waals surface area (Å²) in [6, 6.07) is 21.6. The monoisotopic (exact) mass is 501 g/mol. The minimum Gasteiger partial charge on any atom is -0.481 e. The van der Waals surface area contributed by atoms with E-state index in [-0.39, 0.29) is 25.3 Å². The summed E-state index contributed by atoms with van der Waals surface area (Å²) in [5.41, 5.74) is -0.0979. The molecule has 0 heterocycles. The molecule has 4 rings (SSSR count). The summed E-state index contributed by atoms with van der Waals surface area (Å²) in [6.07, 6.45) is 6.42. The van der Waals surface area contributed by atoms with Crippen molar-refractivity contribution < 1.29 is 28.9 Å². The molecule has 2 atom stereocenters. The van der Waals surface area contributed by atoms with Crippen molar-refractivity contribution in [2.24, 2.45) is 5.41 Å². The number of aliphatic carboxylic acids is 1. The number of ether oxygens (including phenoxy) is 1. The number of aliphatic hydroxyl groups excluding tert-OH is 1. The Bertz CT molecular complexity index is 1290. The lowest BCUT2D eigenvalue weighted by Crippen LogP contribution is -2.47. The molecule has 0 aliphatic heterocycles. The first-order valence-corrected chi connectivity index (χ1v) is 12.0. The molecular weight excluding hydrogens is 473 g/mol. The van der Waals surface area contributed by atoms with Crippen LogP contribution in [-0.4, -0.2) is 46.2 Å². The van der Waals surface area contributed by atoms with Crippen molar-refractivity contribution in [1.82, 2.24) is 4.90 Å². The van der Waals surface area contributed by atoms with Gasteiger partial charge in [0.15, 0.2) is 11.6 Å². The highest BCUT2D eigenvalue weighted by Crippen LogP contribution is 2.31. The molecule has 0 fully saturated rings. The van der Waals surface area contributed by atoms with E-state index in [1.165, 1.54) is 17.0 Å². The van der Waals surface area contributed by atoms with E-state index in [1.54, 1.807) is 60.7 Å². The van der Waals surface area contributed by atoms with Crippen molar-refractivity contribution in [3.05, 3.63) is 120 Å². The van der Waals surface area contributed by atoms with Crippen LogP contribution in [-0.2, 0) is 11.2 Å². The van der Waals surface area contributed by atoms with E-state index >= 15 is 0 Å². The maximum Gasteiger partial charge on any atom is 0.315 e. The minimum atomic E-state index is -1.30. The van der Waals surface area contributed by atoms with E-state index in [4.69, 9.17) is 4.74 Å². The lowest BCUT2D eigenvalue weighted by molar-refractivity contribution is -0.146. The van der Waals surface area contributed by atoms with Gasteiger partial charge in [-0.2, -0.15) is 0 Å². The maximum atomic E-state index is 13.9. The lowest BCUT2D eigenvalue weighted by Gasteiger charge is -2.34. The summed E-state index contributed by atoms with van der Waals surface area (Å²) in [6.45, 7) is -0.158. The fourth-order valence-corrected chi connectivity index (χ4v) is 4.28. The molecule has 0 saturated carbocycles. The largest absolute Gasteiger partial charge is 0.481 e. The third kappa shape index (κ3) is 6.51. The number of carboxylic acid groups (broad SMARTS) is 1. The first kappa shape index (κ1) is 25.9. The summed E-state index contributed by atoms with van der Waals surface area (Å²) in [5, 5.41) is 20.9. The molecule has 1 aliphatic rings. The van der Waals surface area contributed by atoms with Crippen molar-refractivity contribution >= 4 is 11.9 Å². The second-order valence-electron chi connectivity index (χ2n) is 9.04. The highest BCUT2D eigenvalue weighted by atomic mass is 19.1. The Balaban J connectivity index is 1.55. The average molecular weight is 502 g/mol.